The maximum Gasteiger partial charge on any atom is 0.409 e. The van der Waals surface area contributed by atoms with Crippen molar-refractivity contribution in [2.45, 2.75) is 13.8 Å². The third-order valence-corrected chi connectivity index (χ3v) is 3.93. The van der Waals surface area contributed by atoms with Crippen molar-refractivity contribution in [2.24, 2.45) is 4.99 Å². The van der Waals surface area contributed by atoms with E-state index in [1.165, 1.54) is 6.92 Å². The Hall–Kier alpha value is -2.03. The Bertz CT molecular complexity index is 538. The number of aliphatic imine (C=N–C) groups is 1. The number of amidine groups is 1. The van der Waals surface area contributed by atoms with Gasteiger partial charge in [0.1, 0.15) is 0 Å². The number of amides is 3. The molecular weight excluding hydrogens is 308 g/mol. The third kappa shape index (κ3) is 4.23. The molecule has 2 rings (SSSR count). The molecule has 0 saturated carbocycles. The van der Waals surface area contributed by atoms with E-state index in [1.54, 1.807) is 18.0 Å². The molecule has 0 atom stereocenters. The fourth-order valence-electron chi connectivity index (χ4n) is 2.02. The van der Waals surface area contributed by atoms with Crippen LogP contribution in [0, 0.1) is 0 Å². The van der Waals surface area contributed by atoms with E-state index in [0.717, 1.165) is 11.8 Å². The lowest BCUT2D eigenvalue weighted by atomic mass is 10.3. The van der Waals surface area contributed by atoms with Gasteiger partial charge in [-0.05, 0) is 18.7 Å². The summed E-state index contributed by atoms with van der Waals surface area (Å²) in [7, 11) is 0. The van der Waals surface area contributed by atoms with Gasteiger partial charge in [0.15, 0.2) is 5.17 Å². The quantitative estimate of drug-likeness (QED) is 0.737. The average Bonchev–Trinajstić information content (AvgIpc) is 2.79. The first-order valence-corrected chi connectivity index (χ1v) is 7.77. The number of carbonyl (C=O) groups is 3. The highest BCUT2D eigenvalue weighted by molar-refractivity contribution is 8.18. The number of piperazine rings is 1. The van der Waals surface area contributed by atoms with Crippen LogP contribution in [0.2, 0.25) is 0 Å². The topological polar surface area (TPSA) is 91.3 Å². The van der Waals surface area contributed by atoms with Gasteiger partial charge in [-0.2, -0.15) is 4.99 Å². The Morgan fingerprint density at radius 3 is 2.64 bits per heavy atom. The van der Waals surface area contributed by atoms with Gasteiger partial charge < -0.3 is 19.9 Å². The first-order chi connectivity index (χ1) is 10.5. The molecule has 0 spiro atoms. The summed E-state index contributed by atoms with van der Waals surface area (Å²) >= 11 is 1.14. The van der Waals surface area contributed by atoms with Gasteiger partial charge in [-0.15, -0.1) is 0 Å². The van der Waals surface area contributed by atoms with Gasteiger partial charge >= 0.3 is 6.09 Å². The zero-order valence-corrected chi connectivity index (χ0v) is 13.3. The van der Waals surface area contributed by atoms with E-state index in [4.69, 9.17) is 4.74 Å². The number of hydrogen-bond acceptors (Lipinski definition) is 6. The Morgan fingerprint density at radius 1 is 1.36 bits per heavy atom. The lowest BCUT2D eigenvalue weighted by molar-refractivity contribution is -0.117. The number of nitrogens with zero attached hydrogens (tertiary/aromatic N) is 3. The predicted molar refractivity (Wildman–Crippen MR) is 82.1 cm³/mol. The van der Waals surface area contributed by atoms with Gasteiger partial charge in [0.05, 0.1) is 11.5 Å². The minimum absolute atomic E-state index is 0.261. The molecule has 0 radical (unpaired) electrons. The molecule has 1 fully saturated rings. The second kappa shape index (κ2) is 7.30. The zero-order valence-electron chi connectivity index (χ0n) is 12.5. The van der Waals surface area contributed by atoms with Crippen LogP contribution in [-0.2, 0) is 14.3 Å². The number of carbonyl (C=O) groups excluding carboxylic acids is 3. The summed E-state index contributed by atoms with van der Waals surface area (Å²) in [5, 5.41) is 2.80. The van der Waals surface area contributed by atoms with Crippen LogP contribution in [0.15, 0.2) is 16.1 Å². The summed E-state index contributed by atoms with van der Waals surface area (Å²) in [6.07, 6.45) is 1.42. The summed E-state index contributed by atoms with van der Waals surface area (Å²) in [6.45, 7) is 5.81. The van der Waals surface area contributed by atoms with Crippen molar-refractivity contribution in [3.63, 3.8) is 0 Å². The molecule has 0 bridgehead atoms. The molecule has 3 amide bonds. The molecular formula is C13H18N4O4S. The molecule has 0 aromatic heterocycles. The monoisotopic (exact) mass is 326 g/mol. The number of thioether (sulfide) groups is 1. The average molecular weight is 326 g/mol. The van der Waals surface area contributed by atoms with Crippen LogP contribution in [0.5, 0.6) is 0 Å². The number of ether oxygens (including phenoxy) is 1. The third-order valence-electron chi connectivity index (χ3n) is 3.04. The maximum absolute atomic E-state index is 11.8. The Labute approximate surface area is 132 Å². The zero-order chi connectivity index (χ0) is 16.1. The van der Waals surface area contributed by atoms with Gasteiger partial charge in [0.25, 0.3) is 5.91 Å². The molecule has 0 aromatic carbocycles. The van der Waals surface area contributed by atoms with Gasteiger partial charge in [-0.25, -0.2) is 4.79 Å². The molecule has 0 aliphatic carbocycles. The highest BCUT2D eigenvalue weighted by Gasteiger charge is 2.25. The molecule has 2 aliphatic heterocycles. The van der Waals surface area contributed by atoms with E-state index >= 15 is 0 Å². The molecule has 120 valence electrons. The lowest BCUT2D eigenvalue weighted by Gasteiger charge is -2.33. The molecule has 2 aliphatic rings. The highest BCUT2D eigenvalue weighted by Crippen LogP contribution is 2.25. The maximum atomic E-state index is 11.8. The predicted octanol–water partition coefficient (Wildman–Crippen LogP) is 0.367. The second-order valence-electron chi connectivity index (χ2n) is 4.72. The summed E-state index contributed by atoms with van der Waals surface area (Å²) in [5.74, 6) is -0.620. The van der Waals surface area contributed by atoms with Crippen LogP contribution in [0.25, 0.3) is 0 Å². The van der Waals surface area contributed by atoms with E-state index in [1.807, 2.05) is 4.90 Å². The van der Waals surface area contributed by atoms with Crippen LogP contribution in [0.3, 0.4) is 0 Å². The molecule has 9 heteroatoms. The molecule has 0 unspecified atom stereocenters. The summed E-state index contributed by atoms with van der Waals surface area (Å²) in [5.41, 5.74) is 0. The lowest BCUT2D eigenvalue weighted by Crippen LogP contribution is -2.47. The summed E-state index contributed by atoms with van der Waals surface area (Å²) in [6, 6.07) is 0. The van der Waals surface area contributed by atoms with Crippen molar-refractivity contribution in [1.82, 2.24) is 15.1 Å². The van der Waals surface area contributed by atoms with E-state index in [9.17, 15) is 14.4 Å². The smallest absolute Gasteiger partial charge is 0.409 e. The van der Waals surface area contributed by atoms with Crippen molar-refractivity contribution in [3.05, 3.63) is 11.1 Å². The van der Waals surface area contributed by atoms with Crippen molar-refractivity contribution >= 4 is 34.8 Å². The molecule has 1 saturated heterocycles. The van der Waals surface area contributed by atoms with E-state index < -0.39 is 0 Å². The minimum atomic E-state index is -0.360. The Balaban J connectivity index is 1.87. The largest absolute Gasteiger partial charge is 0.450 e. The van der Waals surface area contributed by atoms with Gasteiger partial charge in [0, 0.05) is 39.3 Å². The van der Waals surface area contributed by atoms with Crippen LogP contribution in [0.1, 0.15) is 13.8 Å². The molecule has 1 N–H and O–H groups in total. The normalized spacial score (nSPS) is 20.2. The second-order valence-corrected chi connectivity index (χ2v) is 5.75. The Kier molecular flexibility index (Phi) is 5.42. The molecule has 22 heavy (non-hydrogen) atoms. The summed E-state index contributed by atoms with van der Waals surface area (Å²) in [4.78, 5) is 42.2. The molecule has 8 nitrogen and oxygen atoms in total. The van der Waals surface area contributed by atoms with E-state index in [2.05, 4.69) is 10.3 Å². The number of nitrogens with one attached hydrogen (secondary N) is 1. The number of hydrogen-bond donors (Lipinski definition) is 1. The van der Waals surface area contributed by atoms with Crippen LogP contribution >= 0.6 is 11.8 Å². The fourth-order valence-corrected chi connectivity index (χ4v) is 2.88. The van der Waals surface area contributed by atoms with Crippen molar-refractivity contribution < 1.29 is 19.1 Å². The standard InChI is InChI=1S/C13H18N4O4S/c1-3-21-13(20)17-6-4-16(5-7-17)8-10-11(19)15-12(22-10)14-9(2)18/h8H,3-7H2,1-2H3,(H,14,15,18,19)/b10-8-. The highest BCUT2D eigenvalue weighted by atomic mass is 32.2. The first-order valence-electron chi connectivity index (χ1n) is 6.95. The molecule has 2 heterocycles. The van der Waals surface area contributed by atoms with Crippen molar-refractivity contribution in [1.29, 1.82) is 0 Å². The first kappa shape index (κ1) is 16.3. The van der Waals surface area contributed by atoms with Crippen molar-refractivity contribution in [3.8, 4) is 0 Å². The fraction of sp³-hybridized carbons (Fsp3) is 0.538. The Morgan fingerprint density at radius 2 is 2.05 bits per heavy atom. The van der Waals surface area contributed by atoms with Gasteiger partial charge in [-0.1, -0.05) is 0 Å². The van der Waals surface area contributed by atoms with Gasteiger partial charge in [0.2, 0.25) is 5.91 Å². The summed E-state index contributed by atoms with van der Waals surface area (Å²) < 4.78 is 4.95. The van der Waals surface area contributed by atoms with Gasteiger partial charge in [-0.3, -0.25) is 9.59 Å². The number of rotatable bonds is 2. The minimum Gasteiger partial charge on any atom is -0.450 e. The SMILES string of the molecule is CCOC(=O)N1CCN(/C=C2\SC(NC(C)=O)=NC2=O)CC1. The van der Waals surface area contributed by atoms with Crippen molar-refractivity contribution in [2.75, 3.05) is 32.8 Å². The van der Waals surface area contributed by atoms with Crippen LogP contribution in [0.4, 0.5) is 4.79 Å². The van der Waals surface area contributed by atoms with Crippen LogP contribution in [-0.4, -0.2) is 65.7 Å². The van der Waals surface area contributed by atoms with Crippen LogP contribution < -0.4 is 5.32 Å². The molecule has 0 aromatic rings. The van der Waals surface area contributed by atoms with E-state index in [-0.39, 0.29) is 17.9 Å². The van der Waals surface area contributed by atoms with E-state index in [0.29, 0.717) is 42.9 Å².